The third-order valence-electron chi connectivity index (χ3n) is 3.32. The van der Waals surface area contributed by atoms with Gasteiger partial charge in [0.05, 0.1) is 0 Å². The number of hydrogen-bond donors (Lipinski definition) is 0. The third-order valence-corrected chi connectivity index (χ3v) is 4.51. The lowest BCUT2D eigenvalue weighted by Crippen LogP contribution is -2.08. The van der Waals surface area contributed by atoms with Crippen molar-refractivity contribution in [2.75, 3.05) is 5.75 Å². The number of thioether (sulfide) groups is 1. The molecule has 0 saturated heterocycles. The van der Waals surface area contributed by atoms with E-state index < -0.39 is 0 Å². The lowest BCUT2D eigenvalue weighted by Gasteiger charge is -2.20. The Hall–Kier alpha value is -0.430. The van der Waals surface area contributed by atoms with Crippen LogP contribution < -0.4 is 0 Å². The summed E-state index contributed by atoms with van der Waals surface area (Å²) in [4.78, 5) is 1.53. The van der Waals surface area contributed by atoms with E-state index in [0.29, 0.717) is 5.92 Å². The van der Waals surface area contributed by atoms with E-state index in [-0.39, 0.29) is 0 Å². The first-order valence-corrected chi connectivity index (χ1v) is 6.85. The summed E-state index contributed by atoms with van der Waals surface area (Å²) in [5.74, 6) is 3.46. The molecule has 1 heterocycles. The molecule has 1 unspecified atom stereocenters. The van der Waals surface area contributed by atoms with E-state index >= 15 is 0 Å². The molecule has 0 nitrogen and oxygen atoms in total. The molecule has 0 amide bonds. The molecule has 82 valence electrons. The molecule has 1 heteroatoms. The highest BCUT2D eigenvalue weighted by molar-refractivity contribution is 7.99. The van der Waals surface area contributed by atoms with E-state index in [2.05, 4.69) is 45.9 Å². The van der Waals surface area contributed by atoms with Crippen molar-refractivity contribution in [2.24, 2.45) is 5.92 Å². The lowest BCUT2D eigenvalue weighted by atomic mass is 9.84. The molecule has 15 heavy (non-hydrogen) atoms. The Morgan fingerprint density at radius 2 is 1.93 bits per heavy atom. The highest BCUT2D eigenvalue weighted by atomic mass is 32.2. The summed E-state index contributed by atoms with van der Waals surface area (Å²) < 4.78 is 0. The smallest absolute Gasteiger partial charge is 0.0110 e. The van der Waals surface area contributed by atoms with E-state index in [0.717, 1.165) is 11.8 Å². The molecule has 0 saturated carbocycles. The molecule has 1 aromatic carbocycles. The number of fused-ring (bicyclic) bond motifs is 1. The van der Waals surface area contributed by atoms with E-state index in [9.17, 15) is 0 Å². The van der Waals surface area contributed by atoms with Gasteiger partial charge in [-0.2, -0.15) is 0 Å². The summed E-state index contributed by atoms with van der Waals surface area (Å²) in [7, 11) is 0. The zero-order valence-electron chi connectivity index (χ0n) is 10.1. The van der Waals surface area contributed by atoms with Crippen molar-refractivity contribution in [3.8, 4) is 0 Å². The zero-order chi connectivity index (χ0) is 11.0. The van der Waals surface area contributed by atoms with Gasteiger partial charge in [-0.15, -0.1) is 11.8 Å². The molecule has 0 radical (unpaired) electrons. The van der Waals surface area contributed by atoms with Crippen molar-refractivity contribution in [1.29, 1.82) is 0 Å². The van der Waals surface area contributed by atoms with Crippen LogP contribution >= 0.6 is 11.8 Å². The molecule has 0 spiro atoms. The Balaban J connectivity index is 2.48. The Labute approximate surface area is 97.5 Å². The summed E-state index contributed by atoms with van der Waals surface area (Å²) in [6, 6.07) is 6.81. The minimum Gasteiger partial charge on any atom is -0.125 e. The largest absolute Gasteiger partial charge is 0.125 e. The van der Waals surface area contributed by atoms with Crippen molar-refractivity contribution in [1.82, 2.24) is 0 Å². The maximum Gasteiger partial charge on any atom is 0.0110 e. The molecular weight excluding hydrogens is 200 g/mol. The minimum absolute atomic E-state index is 0.653. The monoisotopic (exact) mass is 220 g/mol. The predicted molar refractivity (Wildman–Crippen MR) is 68.8 cm³/mol. The predicted octanol–water partition coefficient (Wildman–Crippen LogP) is 4.66. The quantitative estimate of drug-likeness (QED) is 0.699. The van der Waals surface area contributed by atoms with Gasteiger partial charge in [0.15, 0.2) is 0 Å². The molecule has 0 aromatic heterocycles. The van der Waals surface area contributed by atoms with Gasteiger partial charge in [-0.25, -0.2) is 0 Å². The highest BCUT2D eigenvalue weighted by Gasteiger charge is 2.28. The summed E-state index contributed by atoms with van der Waals surface area (Å²) in [5, 5.41) is 0. The van der Waals surface area contributed by atoms with Crippen LogP contribution in [0.3, 0.4) is 0 Å². The number of benzene rings is 1. The van der Waals surface area contributed by atoms with Gasteiger partial charge in [-0.05, 0) is 34.9 Å². The van der Waals surface area contributed by atoms with Crippen LogP contribution in [0.15, 0.2) is 23.1 Å². The Morgan fingerprint density at radius 1 is 1.20 bits per heavy atom. The van der Waals surface area contributed by atoms with Gasteiger partial charge in [-0.3, -0.25) is 0 Å². The van der Waals surface area contributed by atoms with Crippen LogP contribution in [0.2, 0.25) is 0 Å². The summed E-state index contributed by atoms with van der Waals surface area (Å²) in [6.07, 6.45) is 0. The first-order chi connectivity index (χ1) is 7.11. The average molecular weight is 220 g/mol. The van der Waals surface area contributed by atoms with Crippen LogP contribution in [-0.2, 0) is 0 Å². The summed E-state index contributed by atoms with van der Waals surface area (Å²) in [6.45, 7) is 9.29. The van der Waals surface area contributed by atoms with Crippen LogP contribution in [0, 0.1) is 5.92 Å². The Kier molecular flexibility index (Phi) is 3.11. The molecule has 0 aliphatic carbocycles. The van der Waals surface area contributed by atoms with Crippen LogP contribution in [-0.4, -0.2) is 5.75 Å². The lowest BCUT2D eigenvalue weighted by molar-refractivity contribution is 0.537. The molecule has 0 bridgehead atoms. The molecule has 1 aromatic rings. The molecule has 0 N–H and O–H groups in total. The molecule has 1 aliphatic rings. The maximum absolute atomic E-state index is 2.34. The number of hydrogen-bond acceptors (Lipinski definition) is 1. The second-order valence-corrected chi connectivity index (χ2v) is 6.14. The number of rotatable bonds is 2. The van der Waals surface area contributed by atoms with Crippen molar-refractivity contribution in [3.05, 3.63) is 29.3 Å². The second-order valence-electron chi connectivity index (χ2n) is 5.08. The molecule has 2 rings (SSSR count). The molecule has 1 aliphatic heterocycles. The topological polar surface area (TPSA) is 0 Å². The van der Waals surface area contributed by atoms with Gasteiger partial charge in [0.2, 0.25) is 0 Å². The van der Waals surface area contributed by atoms with Crippen LogP contribution in [0.1, 0.15) is 50.7 Å². The van der Waals surface area contributed by atoms with Gasteiger partial charge in [0.1, 0.15) is 0 Å². The van der Waals surface area contributed by atoms with Crippen LogP contribution in [0.25, 0.3) is 0 Å². The normalized spacial score (nSPS) is 20.0. The van der Waals surface area contributed by atoms with Crippen LogP contribution in [0.5, 0.6) is 0 Å². The Morgan fingerprint density at radius 3 is 2.53 bits per heavy atom. The van der Waals surface area contributed by atoms with Gasteiger partial charge in [0, 0.05) is 10.6 Å². The van der Waals surface area contributed by atoms with Gasteiger partial charge in [-0.1, -0.05) is 39.8 Å². The van der Waals surface area contributed by atoms with E-state index in [4.69, 9.17) is 0 Å². The van der Waals surface area contributed by atoms with E-state index in [1.165, 1.54) is 10.6 Å². The van der Waals surface area contributed by atoms with Crippen molar-refractivity contribution < 1.29 is 0 Å². The SMILES string of the molecule is CC(C)c1cccc2c1C(C(C)C)CS2. The maximum atomic E-state index is 2.34. The fourth-order valence-electron chi connectivity index (χ4n) is 2.38. The van der Waals surface area contributed by atoms with E-state index in [1.54, 1.807) is 11.1 Å². The van der Waals surface area contributed by atoms with Crippen molar-refractivity contribution in [3.63, 3.8) is 0 Å². The van der Waals surface area contributed by atoms with Crippen molar-refractivity contribution in [2.45, 2.75) is 44.4 Å². The molecule has 0 fully saturated rings. The zero-order valence-corrected chi connectivity index (χ0v) is 10.9. The van der Waals surface area contributed by atoms with Gasteiger partial charge < -0.3 is 0 Å². The molecule has 1 atom stereocenters. The van der Waals surface area contributed by atoms with Gasteiger partial charge in [0.25, 0.3) is 0 Å². The first-order valence-electron chi connectivity index (χ1n) is 5.87. The third kappa shape index (κ3) is 1.94. The van der Waals surface area contributed by atoms with E-state index in [1.807, 2.05) is 11.8 Å². The summed E-state index contributed by atoms with van der Waals surface area (Å²) >= 11 is 2.04. The highest BCUT2D eigenvalue weighted by Crippen LogP contribution is 2.46. The Bertz CT molecular complexity index is 352. The second kappa shape index (κ2) is 4.21. The van der Waals surface area contributed by atoms with Crippen molar-refractivity contribution >= 4 is 11.8 Å². The van der Waals surface area contributed by atoms with Gasteiger partial charge >= 0.3 is 0 Å². The standard InChI is InChI=1S/C14H20S/c1-9(2)11-6-5-7-13-14(11)12(8-15-13)10(3)4/h5-7,9-10,12H,8H2,1-4H3. The minimum atomic E-state index is 0.653. The molecular formula is C14H20S. The average Bonchev–Trinajstić information content (AvgIpc) is 2.60. The van der Waals surface area contributed by atoms with Crippen LogP contribution in [0.4, 0.5) is 0 Å². The fraction of sp³-hybridized carbons (Fsp3) is 0.571. The fourth-order valence-corrected chi connectivity index (χ4v) is 3.89. The summed E-state index contributed by atoms with van der Waals surface area (Å²) in [5.41, 5.74) is 3.21. The first kappa shape index (κ1) is 11.1.